The number of fused-ring (bicyclic) bond motifs is 1. The van der Waals surface area contributed by atoms with E-state index in [9.17, 15) is 13.9 Å². The first-order valence-electron chi connectivity index (χ1n) is 11.0. The summed E-state index contributed by atoms with van der Waals surface area (Å²) in [6.45, 7) is 6.98. The third-order valence-electron chi connectivity index (χ3n) is 5.98. The van der Waals surface area contributed by atoms with Crippen molar-refractivity contribution in [1.82, 2.24) is 24.6 Å². The summed E-state index contributed by atoms with van der Waals surface area (Å²) in [6, 6.07) is 0.749. The Morgan fingerprint density at radius 1 is 1.29 bits per heavy atom. The zero-order chi connectivity index (χ0) is 24.7. The molecule has 3 aromatic rings. The fourth-order valence-electron chi connectivity index (χ4n) is 4.48. The van der Waals surface area contributed by atoms with Gasteiger partial charge in [0.25, 0.3) is 6.43 Å². The number of anilines is 1. The molecule has 1 aromatic carbocycles. The lowest BCUT2D eigenvalue weighted by molar-refractivity contribution is 0.0721. The van der Waals surface area contributed by atoms with Gasteiger partial charge in [0.2, 0.25) is 0 Å². The number of β-amino-alcohol motifs (C(OH)–C–C–N with tert-alkyl or cyclic N) is 1. The van der Waals surface area contributed by atoms with Gasteiger partial charge in [-0.2, -0.15) is 5.10 Å². The Hall–Kier alpha value is -2.63. The highest BCUT2D eigenvalue weighted by atomic mass is 35.5. The minimum atomic E-state index is -2.89. The van der Waals surface area contributed by atoms with Gasteiger partial charge in [-0.3, -0.25) is 4.90 Å². The first-order chi connectivity index (χ1) is 16.1. The van der Waals surface area contributed by atoms with Crippen LogP contribution in [0.1, 0.15) is 56.0 Å². The van der Waals surface area contributed by atoms with Gasteiger partial charge in [0.15, 0.2) is 5.65 Å². The number of likely N-dealkylation sites (tertiary alicyclic amines) is 1. The maximum atomic E-state index is 15.3. The molecule has 1 aliphatic rings. The lowest BCUT2D eigenvalue weighted by atomic mass is 9.87. The summed E-state index contributed by atoms with van der Waals surface area (Å²) in [6.07, 6.45) is -2.22. The van der Waals surface area contributed by atoms with E-state index in [2.05, 4.69) is 15.1 Å². The number of hydrogen-bond acceptors (Lipinski definition) is 7. The van der Waals surface area contributed by atoms with E-state index in [0.29, 0.717) is 36.5 Å². The molecule has 184 valence electrons. The maximum Gasteiger partial charge on any atom is 0.282 e. The lowest BCUT2D eigenvalue weighted by Gasteiger charge is -2.41. The van der Waals surface area contributed by atoms with Crippen LogP contribution < -0.4 is 10.5 Å². The van der Waals surface area contributed by atoms with Crippen LogP contribution in [0.2, 0.25) is 5.02 Å². The number of ether oxygens (including phenoxy) is 1. The number of nitrogens with two attached hydrogens (primary N) is 1. The number of aromatic nitrogens is 4. The Bertz CT molecular complexity index is 1200. The van der Waals surface area contributed by atoms with Crippen molar-refractivity contribution in [2.45, 2.75) is 45.3 Å². The van der Waals surface area contributed by atoms with E-state index in [1.807, 2.05) is 4.90 Å². The summed E-state index contributed by atoms with van der Waals surface area (Å²) in [7, 11) is 0. The number of hydrogen-bond donors (Lipinski definition) is 2. The van der Waals surface area contributed by atoms with Gasteiger partial charge in [0.05, 0.1) is 29.2 Å². The summed E-state index contributed by atoms with van der Waals surface area (Å²) in [5.74, 6) is -0.570. The van der Waals surface area contributed by atoms with Crippen molar-refractivity contribution < 1.29 is 23.0 Å². The van der Waals surface area contributed by atoms with Gasteiger partial charge in [-0.15, -0.1) is 0 Å². The molecular weight excluding hydrogens is 473 g/mol. The van der Waals surface area contributed by atoms with E-state index < -0.39 is 30.1 Å². The number of nitrogen functional groups attached to an aromatic ring is 1. The van der Waals surface area contributed by atoms with Gasteiger partial charge in [-0.1, -0.05) is 11.6 Å². The Morgan fingerprint density at radius 2 is 2.00 bits per heavy atom. The van der Waals surface area contributed by atoms with E-state index >= 15 is 4.39 Å². The van der Waals surface area contributed by atoms with Crippen LogP contribution in [0.3, 0.4) is 0 Å². The van der Waals surface area contributed by atoms with E-state index in [1.54, 1.807) is 20.8 Å². The molecule has 0 aliphatic carbocycles. The molecule has 1 fully saturated rings. The van der Waals surface area contributed by atoms with Gasteiger partial charge in [0.1, 0.15) is 29.4 Å². The highest BCUT2D eigenvalue weighted by Gasteiger charge is 2.36. The predicted octanol–water partition coefficient (Wildman–Crippen LogP) is 3.93. The molecule has 0 radical (unpaired) electrons. The number of rotatable bonds is 8. The van der Waals surface area contributed by atoms with Crippen molar-refractivity contribution in [2.24, 2.45) is 0 Å². The van der Waals surface area contributed by atoms with Crippen LogP contribution in [0.25, 0.3) is 11.0 Å². The third kappa shape index (κ3) is 4.27. The summed E-state index contributed by atoms with van der Waals surface area (Å²) < 4.78 is 49.9. The standard InChI is InChI=1S/C22H26ClF3N6O2/c1-4-34-19-13(5-14(23)17(24)15(19)12-7-31(8-12)6-10(2)33)11(3)32-22-16(18(30-32)20(25)26)21(27)28-9-29-22/h5,9-12,20,33H,4,6-8H2,1-3H3,(H2,27,28,29)/t10-,11-/m0/s1. The number of nitrogens with zero attached hydrogens (tertiary/aromatic N) is 5. The minimum absolute atomic E-state index is 0.0245. The first-order valence-corrected chi connectivity index (χ1v) is 11.3. The zero-order valence-corrected chi connectivity index (χ0v) is 19.7. The molecular formula is C22H26ClF3N6O2. The van der Waals surface area contributed by atoms with Crippen molar-refractivity contribution >= 4 is 28.5 Å². The molecule has 4 rings (SSSR count). The van der Waals surface area contributed by atoms with Crippen LogP contribution in [0.15, 0.2) is 12.4 Å². The molecule has 0 unspecified atom stereocenters. The van der Waals surface area contributed by atoms with Gasteiger partial charge in [-0.25, -0.2) is 27.8 Å². The van der Waals surface area contributed by atoms with Crippen molar-refractivity contribution in [3.8, 4) is 5.75 Å². The van der Waals surface area contributed by atoms with Crippen molar-refractivity contribution in [3.63, 3.8) is 0 Å². The Labute approximate surface area is 199 Å². The summed E-state index contributed by atoms with van der Waals surface area (Å²) in [5.41, 5.74) is 6.27. The van der Waals surface area contributed by atoms with Gasteiger partial charge in [0, 0.05) is 36.7 Å². The second-order valence-corrected chi connectivity index (χ2v) is 8.87. The average molecular weight is 499 g/mol. The Balaban J connectivity index is 1.82. The molecule has 34 heavy (non-hydrogen) atoms. The third-order valence-corrected chi connectivity index (χ3v) is 6.26. The van der Waals surface area contributed by atoms with Crippen LogP contribution in [0.4, 0.5) is 19.0 Å². The smallest absolute Gasteiger partial charge is 0.282 e. The van der Waals surface area contributed by atoms with Crippen molar-refractivity contribution in [2.75, 3.05) is 32.0 Å². The summed E-state index contributed by atoms with van der Waals surface area (Å²) in [5, 5.41) is 13.6. The van der Waals surface area contributed by atoms with Crippen LogP contribution in [-0.4, -0.2) is 62.1 Å². The van der Waals surface area contributed by atoms with Crippen molar-refractivity contribution in [1.29, 1.82) is 0 Å². The molecule has 1 aliphatic heterocycles. The topological polar surface area (TPSA) is 102 Å². The molecule has 3 heterocycles. The van der Waals surface area contributed by atoms with Crippen LogP contribution in [0.5, 0.6) is 5.75 Å². The molecule has 0 bridgehead atoms. The summed E-state index contributed by atoms with van der Waals surface area (Å²) in [4.78, 5) is 9.95. The molecule has 2 atom stereocenters. The van der Waals surface area contributed by atoms with Crippen LogP contribution >= 0.6 is 11.6 Å². The molecule has 0 amide bonds. The second kappa shape index (κ2) is 9.55. The van der Waals surface area contributed by atoms with Crippen LogP contribution in [-0.2, 0) is 0 Å². The minimum Gasteiger partial charge on any atom is -0.493 e. The molecule has 8 nitrogen and oxygen atoms in total. The Kier molecular flexibility index (Phi) is 6.88. The molecule has 3 N–H and O–H groups in total. The van der Waals surface area contributed by atoms with E-state index in [1.165, 1.54) is 17.1 Å². The van der Waals surface area contributed by atoms with Crippen molar-refractivity contribution in [3.05, 3.63) is 40.1 Å². The molecule has 2 aromatic heterocycles. The fraction of sp³-hybridized carbons (Fsp3) is 0.500. The SMILES string of the molecule is CCOc1c([C@H](C)n2nc(C(F)F)c3c(N)ncnc32)cc(Cl)c(F)c1C1CN(C[C@H](C)O)C1. The van der Waals surface area contributed by atoms with E-state index in [0.717, 1.165) is 0 Å². The van der Waals surface area contributed by atoms with Gasteiger partial charge in [-0.05, 0) is 26.8 Å². The normalized spacial score (nSPS) is 16.7. The monoisotopic (exact) mass is 498 g/mol. The van der Waals surface area contributed by atoms with Gasteiger partial charge >= 0.3 is 0 Å². The highest BCUT2D eigenvalue weighted by molar-refractivity contribution is 6.31. The molecule has 0 saturated carbocycles. The second-order valence-electron chi connectivity index (χ2n) is 8.47. The molecule has 12 heteroatoms. The zero-order valence-electron chi connectivity index (χ0n) is 19.0. The number of alkyl halides is 2. The number of aliphatic hydroxyl groups excluding tert-OH is 1. The Morgan fingerprint density at radius 3 is 2.62 bits per heavy atom. The lowest BCUT2D eigenvalue weighted by Crippen LogP contribution is -2.48. The number of benzene rings is 1. The number of halogens is 4. The van der Waals surface area contributed by atoms with Crippen LogP contribution in [0, 0.1) is 5.82 Å². The largest absolute Gasteiger partial charge is 0.493 e. The first kappa shape index (κ1) is 24.5. The maximum absolute atomic E-state index is 15.3. The quantitative estimate of drug-likeness (QED) is 0.485. The summed E-state index contributed by atoms with van der Waals surface area (Å²) >= 11 is 6.29. The van der Waals surface area contributed by atoms with E-state index in [-0.39, 0.29) is 34.4 Å². The number of aliphatic hydroxyl groups is 1. The van der Waals surface area contributed by atoms with Gasteiger partial charge < -0.3 is 15.6 Å². The van der Waals surface area contributed by atoms with E-state index in [4.69, 9.17) is 22.1 Å². The molecule has 0 spiro atoms. The predicted molar refractivity (Wildman–Crippen MR) is 122 cm³/mol. The average Bonchev–Trinajstić information content (AvgIpc) is 3.15. The molecule has 1 saturated heterocycles. The highest BCUT2D eigenvalue weighted by Crippen LogP contribution is 2.44. The fourth-order valence-corrected chi connectivity index (χ4v) is 4.70.